The quantitative estimate of drug-likeness (QED) is 0.845. The molecule has 2 aromatic rings. The smallest absolute Gasteiger partial charge is 0.342 e. The zero-order valence-corrected chi connectivity index (χ0v) is 13.6. The van der Waals surface area contributed by atoms with E-state index >= 15 is 0 Å². The van der Waals surface area contributed by atoms with E-state index in [1.54, 1.807) is 43.3 Å². The molecule has 0 aliphatic heterocycles. The molecule has 2 rings (SSSR count). The number of aromatic nitrogens is 1. The van der Waals surface area contributed by atoms with Crippen LogP contribution >= 0.6 is 11.6 Å². The second kappa shape index (κ2) is 6.66. The zero-order valence-electron chi connectivity index (χ0n) is 12.8. The van der Waals surface area contributed by atoms with E-state index < -0.39 is 5.97 Å². The van der Waals surface area contributed by atoms with Crippen LogP contribution in [0.1, 0.15) is 23.0 Å². The number of allylic oxidation sites excluding steroid dienone is 1. The molecule has 7 heteroatoms. The number of halogens is 1. The lowest BCUT2D eigenvalue weighted by Gasteiger charge is -2.08. The SMILES string of the molecule is CC(=O)C(=CN(C)C)c1onc(-c2ccccc2Cl)c1C(=O)O. The summed E-state index contributed by atoms with van der Waals surface area (Å²) < 4.78 is 5.19. The minimum absolute atomic E-state index is 0.0870. The van der Waals surface area contributed by atoms with Gasteiger partial charge >= 0.3 is 5.97 Å². The van der Waals surface area contributed by atoms with Crippen LogP contribution in [0.5, 0.6) is 0 Å². The third-order valence-corrected chi connectivity index (χ3v) is 3.38. The summed E-state index contributed by atoms with van der Waals surface area (Å²) in [5.41, 5.74) is 0.443. The fourth-order valence-electron chi connectivity index (χ4n) is 2.08. The number of carbonyl (C=O) groups excluding carboxylic acids is 1. The van der Waals surface area contributed by atoms with Gasteiger partial charge in [0.2, 0.25) is 0 Å². The second-order valence-corrected chi connectivity index (χ2v) is 5.49. The number of carbonyl (C=O) groups is 2. The molecule has 23 heavy (non-hydrogen) atoms. The maximum atomic E-state index is 11.9. The van der Waals surface area contributed by atoms with Gasteiger partial charge in [-0.25, -0.2) is 4.79 Å². The maximum Gasteiger partial charge on any atom is 0.342 e. The summed E-state index contributed by atoms with van der Waals surface area (Å²) in [5, 5.41) is 13.7. The number of rotatable bonds is 5. The molecule has 1 aromatic heterocycles. The summed E-state index contributed by atoms with van der Waals surface area (Å²) in [6, 6.07) is 6.70. The summed E-state index contributed by atoms with van der Waals surface area (Å²) in [7, 11) is 3.43. The van der Waals surface area contributed by atoms with Crippen molar-refractivity contribution in [3.05, 3.63) is 46.8 Å². The minimum atomic E-state index is -1.25. The Morgan fingerprint density at radius 2 is 1.96 bits per heavy atom. The van der Waals surface area contributed by atoms with Crippen LogP contribution in [0, 0.1) is 0 Å². The van der Waals surface area contributed by atoms with Crippen molar-refractivity contribution in [3.63, 3.8) is 0 Å². The van der Waals surface area contributed by atoms with Crippen molar-refractivity contribution < 1.29 is 19.2 Å². The van der Waals surface area contributed by atoms with Gasteiger partial charge in [-0.2, -0.15) is 0 Å². The van der Waals surface area contributed by atoms with Gasteiger partial charge in [-0.15, -0.1) is 0 Å². The standard InChI is InChI=1S/C16H15ClN2O4/c1-9(20)11(8-19(2)3)15-13(16(21)22)14(18-23-15)10-6-4-5-7-12(10)17/h4-8H,1-3H3,(H,21,22). The molecule has 120 valence electrons. The van der Waals surface area contributed by atoms with Crippen LogP contribution in [-0.2, 0) is 4.79 Å². The van der Waals surface area contributed by atoms with Crippen LogP contribution in [0.25, 0.3) is 16.8 Å². The van der Waals surface area contributed by atoms with Gasteiger partial charge in [-0.1, -0.05) is 35.0 Å². The van der Waals surface area contributed by atoms with Crippen molar-refractivity contribution in [2.45, 2.75) is 6.92 Å². The molecule has 0 atom stereocenters. The second-order valence-electron chi connectivity index (χ2n) is 5.08. The zero-order chi connectivity index (χ0) is 17.1. The van der Waals surface area contributed by atoms with Crippen LogP contribution in [-0.4, -0.2) is 41.0 Å². The first-order valence-corrected chi connectivity index (χ1v) is 7.08. The van der Waals surface area contributed by atoms with E-state index in [4.69, 9.17) is 16.1 Å². The Bertz CT molecular complexity index is 793. The molecular weight excluding hydrogens is 320 g/mol. The molecule has 0 saturated carbocycles. The van der Waals surface area contributed by atoms with E-state index in [-0.39, 0.29) is 28.4 Å². The van der Waals surface area contributed by atoms with Gasteiger partial charge in [0.25, 0.3) is 0 Å². The van der Waals surface area contributed by atoms with Crippen molar-refractivity contribution in [3.8, 4) is 11.3 Å². The average molecular weight is 335 g/mol. The van der Waals surface area contributed by atoms with Crippen LogP contribution < -0.4 is 0 Å². The molecule has 0 spiro atoms. The molecule has 0 unspecified atom stereocenters. The van der Waals surface area contributed by atoms with Gasteiger partial charge in [0.15, 0.2) is 11.5 Å². The Morgan fingerprint density at radius 3 is 2.48 bits per heavy atom. The molecule has 1 heterocycles. The maximum absolute atomic E-state index is 11.9. The molecule has 6 nitrogen and oxygen atoms in total. The van der Waals surface area contributed by atoms with Gasteiger partial charge in [0.05, 0.1) is 10.6 Å². The third-order valence-electron chi connectivity index (χ3n) is 3.05. The first-order chi connectivity index (χ1) is 10.8. The largest absolute Gasteiger partial charge is 0.477 e. The monoisotopic (exact) mass is 334 g/mol. The number of aromatic carboxylic acids is 1. The van der Waals surface area contributed by atoms with E-state index in [2.05, 4.69) is 5.16 Å². The molecule has 0 fully saturated rings. The molecule has 0 radical (unpaired) electrons. The highest BCUT2D eigenvalue weighted by Crippen LogP contribution is 2.34. The van der Waals surface area contributed by atoms with Gasteiger partial charge in [-0.05, 0) is 13.0 Å². The number of carboxylic acids is 1. The molecule has 0 saturated heterocycles. The van der Waals surface area contributed by atoms with E-state index in [9.17, 15) is 14.7 Å². The molecule has 0 aliphatic rings. The van der Waals surface area contributed by atoms with E-state index in [0.29, 0.717) is 10.6 Å². The van der Waals surface area contributed by atoms with Gasteiger partial charge in [0.1, 0.15) is 11.3 Å². The Morgan fingerprint density at radius 1 is 1.30 bits per heavy atom. The number of hydrogen-bond acceptors (Lipinski definition) is 5. The van der Waals surface area contributed by atoms with Crippen LogP contribution in [0.15, 0.2) is 35.0 Å². The predicted octanol–water partition coefficient (Wildman–Crippen LogP) is 3.18. The lowest BCUT2D eigenvalue weighted by Crippen LogP contribution is -2.09. The number of benzene rings is 1. The number of ketones is 1. The van der Waals surface area contributed by atoms with Gasteiger partial charge in [-0.3, -0.25) is 4.79 Å². The molecule has 1 N–H and O–H groups in total. The fourth-order valence-corrected chi connectivity index (χ4v) is 2.30. The number of carboxylic acid groups (broad SMARTS) is 1. The highest BCUT2D eigenvalue weighted by Gasteiger charge is 2.28. The summed E-state index contributed by atoms with van der Waals surface area (Å²) in [5.74, 6) is -1.67. The number of hydrogen-bond donors (Lipinski definition) is 1. The van der Waals surface area contributed by atoms with Crippen molar-refractivity contribution in [1.82, 2.24) is 10.1 Å². The lowest BCUT2D eigenvalue weighted by atomic mass is 10.0. The fraction of sp³-hybridized carbons (Fsp3) is 0.188. The third kappa shape index (κ3) is 3.43. The highest BCUT2D eigenvalue weighted by atomic mass is 35.5. The van der Waals surface area contributed by atoms with Crippen LogP contribution in [0.3, 0.4) is 0 Å². The first kappa shape index (κ1) is 16.8. The van der Waals surface area contributed by atoms with Crippen molar-refractivity contribution in [2.75, 3.05) is 14.1 Å². The summed E-state index contributed by atoms with van der Waals surface area (Å²) in [6.07, 6.45) is 1.49. The lowest BCUT2D eigenvalue weighted by molar-refractivity contribution is -0.111. The average Bonchev–Trinajstić information content (AvgIpc) is 2.89. The Hall–Kier alpha value is -2.60. The van der Waals surface area contributed by atoms with Crippen molar-refractivity contribution in [2.24, 2.45) is 0 Å². The summed E-state index contributed by atoms with van der Waals surface area (Å²) >= 11 is 6.11. The molecule has 1 aromatic carbocycles. The number of nitrogens with zero attached hydrogens (tertiary/aromatic N) is 2. The number of Topliss-reactive ketones (excluding diaryl/α,β-unsaturated/α-hetero) is 1. The Kier molecular flexibility index (Phi) is 4.86. The van der Waals surface area contributed by atoms with E-state index in [1.807, 2.05) is 0 Å². The normalized spacial score (nSPS) is 11.4. The summed E-state index contributed by atoms with van der Waals surface area (Å²) in [4.78, 5) is 25.2. The van der Waals surface area contributed by atoms with Crippen LogP contribution in [0.2, 0.25) is 5.02 Å². The Labute approximate surface area is 137 Å². The highest BCUT2D eigenvalue weighted by molar-refractivity contribution is 6.33. The Balaban J connectivity index is 2.72. The predicted molar refractivity (Wildman–Crippen MR) is 86.3 cm³/mol. The summed E-state index contributed by atoms with van der Waals surface area (Å²) in [6.45, 7) is 1.33. The van der Waals surface area contributed by atoms with Crippen molar-refractivity contribution >= 4 is 28.9 Å². The van der Waals surface area contributed by atoms with Crippen molar-refractivity contribution in [1.29, 1.82) is 0 Å². The minimum Gasteiger partial charge on any atom is -0.477 e. The molecular formula is C16H15ClN2O4. The topological polar surface area (TPSA) is 83.6 Å². The van der Waals surface area contributed by atoms with Crippen LogP contribution in [0.4, 0.5) is 0 Å². The molecule has 0 bridgehead atoms. The van der Waals surface area contributed by atoms with Gasteiger partial charge in [0, 0.05) is 25.9 Å². The first-order valence-electron chi connectivity index (χ1n) is 6.70. The molecule has 0 aliphatic carbocycles. The van der Waals surface area contributed by atoms with E-state index in [1.165, 1.54) is 13.1 Å². The van der Waals surface area contributed by atoms with Gasteiger partial charge < -0.3 is 14.5 Å². The molecule has 0 amide bonds. The van der Waals surface area contributed by atoms with E-state index in [0.717, 1.165) is 0 Å².